The van der Waals surface area contributed by atoms with Crippen molar-refractivity contribution in [3.05, 3.63) is 107 Å². The zero-order valence-electron chi connectivity index (χ0n) is 11.9. The van der Waals surface area contributed by atoms with E-state index in [9.17, 15) is 4.79 Å². The van der Waals surface area contributed by atoms with Gasteiger partial charge in [-0.25, -0.2) is 0 Å². The second-order valence-corrected chi connectivity index (χ2v) is 6.01. The molecule has 0 spiro atoms. The lowest BCUT2D eigenvalue weighted by Crippen LogP contribution is -2.01. The monoisotopic (exact) mass is 350 g/mol. The van der Waals surface area contributed by atoms with E-state index in [0.717, 1.165) is 5.56 Å². The molecule has 1 atom stereocenters. The summed E-state index contributed by atoms with van der Waals surface area (Å²) in [6.07, 6.45) is 0. The van der Waals surface area contributed by atoms with Crippen LogP contribution in [-0.4, -0.2) is 5.78 Å². The molecule has 0 saturated carbocycles. The number of carbonyl (C=O) groups is 1. The topological polar surface area (TPSA) is 17.1 Å². The Morgan fingerprint density at radius 2 is 1.09 bits per heavy atom. The number of ketones is 1. The summed E-state index contributed by atoms with van der Waals surface area (Å²) < 4.78 is 0. The molecule has 2 heteroatoms. The van der Waals surface area contributed by atoms with Crippen LogP contribution in [0, 0.1) is 0 Å². The van der Waals surface area contributed by atoms with Crippen LogP contribution in [0.2, 0.25) is 0 Å². The van der Waals surface area contributed by atoms with Crippen molar-refractivity contribution in [2.24, 2.45) is 0 Å². The number of carbonyl (C=O) groups excluding carboxylic acids is 1. The van der Waals surface area contributed by atoms with Gasteiger partial charge in [0.25, 0.3) is 0 Å². The fraction of sp³-hybridized carbons (Fsp3) is 0.0500. The van der Waals surface area contributed by atoms with Gasteiger partial charge in [-0.1, -0.05) is 101 Å². The van der Waals surface area contributed by atoms with Gasteiger partial charge in [-0.2, -0.15) is 0 Å². The van der Waals surface area contributed by atoms with E-state index in [2.05, 4.69) is 28.1 Å². The van der Waals surface area contributed by atoms with Crippen molar-refractivity contribution in [1.82, 2.24) is 0 Å². The van der Waals surface area contributed by atoms with Crippen molar-refractivity contribution < 1.29 is 4.79 Å². The Labute approximate surface area is 138 Å². The van der Waals surface area contributed by atoms with Crippen LogP contribution in [0.5, 0.6) is 0 Å². The molecule has 3 aromatic rings. The van der Waals surface area contributed by atoms with E-state index in [1.807, 2.05) is 72.8 Å². The maximum absolute atomic E-state index is 12.4. The zero-order chi connectivity index (χ0) is 15.4. The van der Waals surface area contributed by atoms with Crippen LogP contribution in [0.4, 0.5) is 0 Å². The van der Waals surface area contributed by atoms with Gasteiger partial charge < -0.3 is 0 Å². The highest BCUT2D eigenvalue weighted by atomic mass is 79.9. The third-order valence-electron chi connectivity index (χ3n) is 3.59. The quantitative estimate of drug-likeness (QED) is 0.454. The second-order valence-electron chi connectivity index (χ2n) is 5.09. The average Bonchev–Trinajstić information content (AvgIpc) is 2.62. The first-order chi connectivity index (χ1) is 10.8. The summed E-state index contributed by atoms with van der Waals surface area (Å²) in [4.78, 5) is 12.5. The lowest BCUT2D eigenvalue weighted by Gasteiger charge is -2.11. The van der Waals surface area contributed by atoms with E-state index in [4.69, 9.17) is 0 Å². The van der Waals surface area contributed by atoms with Gasteiger partial charge in [0.2, 0.25) is 0 Å². The Morgan fingerprint density at radius 1 is 0.636 bits per heavy atom. The summed E-state index contributed by atoms with van der Waals surface area (Å²) >= 11 is 3.72. The Balaban J connectivity index is 1.83. The van der Waals surface area contributed by atoms with Crippen molar-refractivity contribution in [3.63, 3.8) is 0 Å². The molecule has 0 fully saturated rings. The molecule has 1 nitrogen and oxygen atoms in total. The lowest BCUT2D eigenvalue weighted by molar-refractivity contribution is 0.103. The van der Waals surface area contributed by atoms with Crippen LogP contribution in [0.25, 0.3) is 0 Å². The molecule has 0 aliphatic carbocycles. The standard InChI is InChI=1S/C20H15BrO/c21-19(15-7-3-1-4-8-15)16-11-13-18(14-12-16)20(22)17-9-5-2-6-10-17/h1-14,19H. The largest absolute Gasteiger partial charge is 0.289 e. The second kappa shape index (κ2) is 6.71. The van der Waals surface area contributed by atoms with Gasteiger partial charge >= 0.3 is 0 Å². The molecule has 0 N–H and O–H groups in total. The van der Waals surface area contributed by atoms with E-state index in [0.29, 0.717) is 11.1 Å². The van der Waals surface area contributed by atoms with E-state index < -0.39 is 0 Å². The maximum Gasteiger partial charge on any atom is 0.193 e. The smallest absolute Gasteiger partial charge is 0.193 e. The van der Waals surface area contributed by atoms with Gasteiger partial charge in [0.1, 0.15) is 0 Å². The number of rotatable bonds is 4. The normalized spacial score (nSPS) is 11.9. The van der Waals surface area contributed by atoms with Crippen molar-refractivity contribution >= 4 is 21.7 Å². The summed E-state index contributed by atoms with van der Waals surface area (Å²) in [7, 11) is 0. The predicted molar refractivity (Wildman–Crippen MR) is 93.5 cm³/mol. The van der Waals surface area contributed by atoms with Crippen LogP contribution in [0.1, 0.15) is 31.9 Å². The molecule has 108 valence electrons. The molecular weight excluding hydrogens is 336 g/mol. The van der Waals surface area contributed by atoms with E-state index in [1.54, 1.807) is 0 Å². The van der Waals surface area contributed by atoms with E-state index in [1.165, 1.54) is 5.56 Å². The minimum atomic E-state index is 0.0537. The molecule has 3 rings (SSSR count). The first-order valence-electron chi connectivity index (χ1n) is 7.14. The maximum atomic E-state index is 12.4. The SMILES string of the molecule is O=C(c1ccccc1)c1ccc(C(Br)c2ccccc2)cc1. The molecule has 0 aliphatic rings. The predicted octanol–water partition coefficient (Wildman–Crippen LogP) is 5.40. The van der Waals surface area contributed by atoms with Crippen LogP contribution < -0.4 is 0 Å². The van der Waals surface area contributed by atoms with Crippen LogP contribution in [0.3, 0.4) is 0 Å². The fourth-order valence-corrected chi connectivity index (χ4v) is 2.98. The van der Waals surface area contributed by atoms with E-state index >= 15 is 0 Å². The third kappa shape index (κ3) is 3.18. The van der Waals surface area contributed by atoms with Gasteiger partial charge in [0.15, 0.2) is 5.78 Å². The van der Waals surface area contributed by atoms with Crippen molar-refractivity contribution in [2.45, 2.75) is 4.83 Å². The van der Waals surface area contributed by atoms with Gasteiger partial charge in [-0.05, 0) is 11.1 Å². The van der Waals surface area contributed by atoms with Crippen LogP contribution in [0.15, 0.2) is 84.9 Å². The average molecular weight is 351 g/mol. The number of hydrogen-bond donors (Lipinski definition) is 0. The molecule has 0 aromatic heterocycles. The molecule has 0 bridgehead atoms. The molecule has 22 heavy (non-hydrogen) atoms. The minimum absolute atomic E-state index is 0.0537. The Morgan fingerprint density at radius 3 is 1.68 bits per heavy atom. The molecule has 0 heterocycles. The van der Waals surface area contributed by atoms with Crippen molar-refractivity contribution in [1.29, 1.82) is 0 Å². The van der Waals surface area contributed by atoms with Gasteiger partial charge in [-0.15, -0.1) is 0 Å². The number of hydrogen-bond acceptors (Lipinski definition) is 1. The van der Waals surface area contributed by atoms with Gasteiger partial charge in [0, 0.05) is 11.1 Å². The van der Waals surface area contributed by atoms with Crippen LogP contribution in [-0.2, 0) is 0 Å². The number of alkyl halides is 1. The zero-order valence-corrected chi connectivity index (χ0v) is 13.5. The third-order valence-corrected chi connectivity index (χ3v) is 4.65. The van der Waals surface area contributed by atoms with Gasteiger partial charge in [-0.3, -0.25) is 4.79 Å². The number of halogens is 1. The molecular formula is C20H15BrO. The Hall–Kier alpha value is -2.19. The molecule has 3 aromatic carbocycles. The lowest BCUT2D eigenvalue weighted by atomic mass is 9.99. The highest BCUT2D eigenvalue weighted by Gasteiger charge is 2.12. The van der Waals surface area contributed by atoms with Crippen LogP contribution >= 0.6 is 15.9 Å². The van der Waals surface area contributed by atoms with Crippen molar-refractivity contribution in [2.75, 3.05) is 0 Å². The minimum Gasteiger partial charge on any atom is -0.289 e. The van der Waals surface area contributed by atoms with Crippen molar-refractivity contribution in [3.8, 4) is 0 Å². The fourth-order valence-electron chi connectivity index (χ4n) is 2.37. The molecule has 0 aliphatic heterocycles. The van der Waals surface area contributed by atoms with E-state index in [-0.39, 0.29) is 10.6 Å². The summed E-state index contributed by atoms with van der Waals surface area (Å²) in [5.74, 6) is 0.0537. The van der Waals surface area contributed by atoms with Gasteiger partial charge in [0.05, 0.1) is 4.83 Å². The summed E-state index contributed by atoms with van der Waals surface area (Å²) in [6, 6.07) is 27.4. The first-order valence-corrected chi connectivity index (χ1v) is 8.06. The summed E-state index contributed by atoms with van der Waals surface area (Å²) in [5, 5.41) is 0. The molecule has 0 amide bonds. The Bertz CT molecular complexity index is 749. The number of benzene rings is 3. The molecule has 0 saturated heterocycles. The first kappa shape index (κ1) is 14.7. The summed E-state index contributed by atoms with van der Waals surface area (Å²) in [6.45, 7) is 0. The summed E-state index contributed by atoms with van der Waals surface area (Å²) in [5.41, 5.74) is 3.76. The highest BCUT2D eigenvalue weighted by molar-refractivity contribution is 9.09. The highest BCUT2D eigenvalue weighted by Crippen LogP contribution is 2.30. The Kier molecular flexibility index (Phi) is 4.50. The molecule has 0 radical (unpaired) electrons. The molecule has 1 unspecified atom stereocenters.